The molecule has 1 saturated heterocycles. The van der Waals surface area contributed by atoms with Crippen LogP contribution < -0.4 is 0 Å². The van der Waals surface area contributed by atoms with Gasteiger partial charge in [0, 0.05) is 19.6 Å². The molecule has 0 atom stereocenters. The number of likely N-dealkylation sites (tertiary alicyclic amines) is 1. The van der Waals surface area contributed by atoms with E-state index < -0.39 is 0 Å². The summed E-state index contributed by atoms with van der Waals surface area (Å²) in [4.78, 5) is 32.9. The molecule has 0 saturated carbocycles. The number of imide groups is 1. The molecule has 2 aliphatic heterocycles. The van der Waals surface area contributed by atoms with Gasteiger partial charge < -0.3 is 9.80 Å². The van der Waals surface area contributed by atoms with Crippen molar-refractivity contribution in [1.29, 1.82) is 0 Å². The number of amides is 2. The van der Waals surface area contributed by atoms with Crippen molar-refractivity contribution >= 4 is 17.4 Å². The minimum atomic E-state index is -0.298. The third kappa shape index (κ3) is 4.71. The lowest BCUT2D eigenvalue weighted by Gasteiger charge is -2.36. The molecule has 2 aromatic carbocycles. The zero-order valence-corrected chi connectivity index (χ0v) is 19.9. The predicted octanol–water partition coefficient (Wildman–Crippen LogP) is 3.79. The molecule has 4 rings (SSSR count). The van der Waals surface area contributed by atoms with Gasteiger partial charge in [0.2, 0.25) is 0 Å². The molecule has 2 amide bonds. The Hall–Kier alpha value is -2.99. The lowest BCUT2D eigenvalue weighted by Crippen LogP contribution is -2.43. The molecule has 5 nitrogen and oxygen atoms in total. The lowest BCUT2D eigenvalue weighted by atomic mass is 9.97. The van der Waals surface area contributed by atoms with Crippen LogP contribution in [0, 0.1) is 19.7 Å². The molecule has 1 fully saturated rings. The van der Waals surface area contributed by atoms with E-state index in [4.69, 9.17) is 0 Å². The molecule has 0 aromatic heterocycles. The number of carbonyl (C=O) groups is 2. The summed E-state index contributed by atoms with van der Waals surface area (Å²) < 4.78 is 13.3. The van der Waals surface area contributed by atoms with E-state index in [0.29, 0.717) is 17.7 Å². The quantitative estimate of drug-likeness (QED) is 0.630. The van der Waals surface area contributed by atoms with Crippen molar-refractivity contribution in [3.63, 3.8) is 0 Å². The van der Waals surface area contributed by atoms with Crippen LogP contribution in [-0.4, -0.2) is 66.3 Å². The molecule has 0 radical (unpaired) electrons. The standard InChI is InChI=1S/C27H32FN3O2/c1-18-5-8-21(17-19(18)2)24-25(30(4)23-12-14-29(3)15-13-23)27(33)31(26(24)32)16-11-20-6-9-22(28)10-7-20/h5-10,17,23H,11-16H2,1-4H3. The van der Waals surface area contributed by atoms with E-state index in [1.165, 1.54) is 17.0 Å². The van der Waals surface area contributed by atoms with Gasteiger partial charge in [0.15, 0.2) is 0 Å². The highest BCUT2D eigenvalue weighted by Gasteiger charge is 2.42. The van der Waals surface area contributed by atoms with Crippen molar-refractivity contribution in [2.45, 2.75) is 39.2 Å². The lowest BCUT2D eigenvalue weighted by molar-refractivity contribution is -0.137. The fourth-order valence-corrected chi connectivity index (χ4v) is 4.71. The summed E-state index contributed by atoms with van der Waals surface area (Å²) in [5, 5.41) is 0. The molecule has 33 heavy (non-hydrogen) atoms. The van der Waals surface area contributed by atoms with Crippen LogP contribution in [0.25, 0.3) is 5.57 Å². The molecule has 2 aromatic rings. The van der Waals surface area contributed by atoms with Gasteiger partial charge >= 0.3 is 0 Å². The first kappa shape index (κ1) is 23.2. The highest BCUT2D eigenvalue weighted by molar-refractivity contribution is 6.35. The Morgan fingerprint density at radius 1 is 0.970 bits per heavy atom. The molecule has 0 N–H and O–H groups in total. The second-order valence-electron chi connectivity index (χ2n) is 9.31. The van der Waals surface area contributed by atoms with Crippen molar-refractivity contribution in [2.75, 3.05) is 33.7 Å². The molecule has 2 aliphatic rings. The van der Waals surface area contributed by atoms with Crippen molar-refractivity contribution in [3.8, 4) is 0 Å². The topological polar surface area (TPSA) is 43.9 Å². The molecular formula is C27H32FN3O2. The monoisotopic (exact) mass is 449 g/mol. The van der Waals surface area contributed by atoms with Crippen LogP contribution in [0.5, 0.6) is 0 Å². The molecule has 0 spiro atoms. The third-order valence-electron chi connectivity index (χ3n) is 7.06. The number of hydrogen-bond donors (Lipinski definition) is 0. The predicted molar refractivity (Wildman–Crippen MR) is 128 cm³/mol. The van der Waals surface area contributed by atoms with Crippen LogP contribution in [0.4, 0.5) is 4.39 Å². The Morgan fingerprint density at radius 3 is 2.27 bits per heavy atom. The van der Waals surface area contributed by atoms with Crippen LogP contribution in [-0.2, 0) is 16.0 Å². The number of aryl methyl sites for hydroxylation is 2. The maximum absolute atomic E-state index is 13.6. The maximum atomic E-state index is 13.6. The van der Waals surface area contributed by atoms with E-state index in [-0.39, 0.29) is 30.2 Å². The zero-order chi connectivity index (χ0) is 23.7. The van der Waals surface area contributed by atoms with Gasteiger partial charge in [-0.25, -0.2) is 4.39 Å². The Balaban J connectivity index is 1.66. The minimum absolute atomic E-state index is 0.214. The molecule has 6 heteroatoms. The van der Waals surface area contributed by atoms with Crippen LogP contribution in [0.15, 0.2) is 48.2 Å². The smallest absolute Gasteiger partial charge is 0.277 e. The second kappa shape index (κ2) is 9.48. The van der Waals surface area contributed by atoms with Gasteiger partial charge in [-0.2, -0.15) is 0 Å². The van der Waals surface area contributed by atoms with E-state index in [2.05, 4.69) is 11.9 Å². The molecule has 174 valence electrons. The van der Waals surface area contributed by atoms with Gasteiger partial charge in [-0.1, -0.05) is 30.3 Å². The maximum Gasteiger partial charge on any atom is 0.277 e. The Bertz CT molecular complexity index is 1090. The van der Waals surface area contributed by atoms with Crippen molar-refractivity contribution in [3.05, 3.63) is 76.2 Å². The summed E-state index contributed by atoms with van der Waals surface area (Å²) in [7, 11) is 4.05. The number of halogens is 1. The van der Waals surface area contributed by atoms with Gasteiger partial charge in [0.05, 0.1) is 5.57 Å². The molecule has 0 aliphatic carbocycles. The minimum Gasteiger partial charge on any atom is -0.366 e. The van der Waals surface area contributed by atoms with Crippen LogP contribution in [0.1, 0.15) is 35.1 Å². The third-order valence-corrected chi connectivity index (χ3v) is 7.06. The number of piperidine rings is 1. The summed E-state index contributed by atoms with van der Waals surface area (Å²) in [6.07, 6.45) is 2.39. The first-order valence-corrected chi connectivity index (χ1v) is 11.6. The molecular weight excluding hydrogens is 417 g/mol. The average Bonchev–Trinajstić information content (AvgIpc) is 3.05. The van der Waals surface area contributed by atoms with Crippen molar-refractivity contribution in [2.24, 2.45) is 0 Å². The van der Waals surface area contributed by atoms with Gasteiger partial charge in [-0.15, -0.1) is 0 Å². The van der Waals surface area contributed by atoms with Gasteiger partial charge in [0.1, 0.15) is 11.5 Å². The number of likely N-dealkylation sites (N-methyl/N-ethyl adjacent to an activating group) is 1. The summed E-state index contributed by atoms with van der Waals surface area (Å²) in [5.74, 6) is -0.787. The molecule has 2 heterocycles. The van der Waals surface area contributed by atoms with Crippen molar-refractivity contribution < 1.29 is 14.0 Å². The Morgan fingerprint density at radius 2 is 1.64 bits per heavy atom. The number of carbonyl (C=O) groups excluding carboxylic acids is 2. The SMILES string of the molecule is Cc1ccc(C2=C(N(C)C3CCN(C)CC3)C(=O)N(CCc3ccc(F)cc3)C2=O)cc1C. The fourth-order valence-electron chi connectivity index (χ4n) is 4.71. The summed E-state index contributed by atoms with van der Waals surface area (Å²) in [6, 6.07) is 12.4. The first-order chi connectivity index (χ1) is 15.8. The van der Waals surface area contributed by atoms with Gasteiger partial charge in [0.25, 0.3) is 11.8 Å². The number of rotatable bonds is 6. The number of hydrogen-bond acceptors (Lipinski definition) is 4. The normalized spacial score (nSPS) is 17.9. The van der Waals surface area contributed by atoms with E-state index in [1.54, 1.807) is 12.1 Å². The Labute approximate surface area is 195 Å². The highest BCUT2D eigenvalue weighted by Crippen LogP contribution is 2.34. The summed E-state index contributed by atoms with van der Waals surface area (Å²) >= 11 is 0. The van der Waals surface area contributed by atoms with E-state index in [1.807, 2.05) is 44.0 Å². The second-order valence-corrected chi connectivity index (χ2v) is 9.31. The van der Waals surface area contributed by atoms with Crippen molar-refractivity contribution in [1.82, 2.24) is 14.7 Å². The van der Waals surface area contributed by atoms with Crippen LogP contribution >= 0.6 is 0 Å². The fraction of sp³-hybridized carbons (Fsp3) is 0.407. The first-order valence-electron chi connectivity index (χ1n) is 11.6. The summed E-state index contributed by atoms with van der Waals surface area (Å²) in [5.41, 5.74) is 4.90. The van der Waals surface area contributed by atoms with E-state index in [0.717, 1.165) is 48.2 Å². The Kier molecular flexibility index (Phi) is 6.66. The number of benzene rings is 2. The van der Waals surface area contributed by atoms with E-state index in [9.17, 15) is 14.0 Å². The highest BCUT2D eigenvalue weighted by atomic mass is 19.1. The average molecular weight is 450 g/mol. The van der Waals surface area contributed by atoms with E-state index >= 15 is 0 Å². The number of nitrogens with zero attached hydrogens (tertiary/aromatic N) is 3. The largest absolute Gasteiger partial charge is 0.366 e. The van der Waals surface area contributed by atoms with Crippen LogP contribution in [0.2, 0.25) is 0 Å². The summed E-state index contributed by atoms with van der Waals surface area (Å²) in [6.45, 7) is 6.26. The van der Waals surface area contributed by atoms with Crippen LogP contribution in [0.3, 0.4) is 0 Å². The zero-order valence-electron chi connectivity index (χ0n) is 19.9. The van der Waals surface area contributed by atoms with Gasteiger partial charge in [-0.05, 0) is 87.6 Å². The molecule has 0 unspecified atom stereocenters. The van der Waals surface area contributed by atoms with Gasteiger partial charge in [-0.3, -0.25) is 14.5 Å². The molecule has 0 bridgehead atoms.